The van der Waals surface area contributed by atoms with Gasteiger partial charge in [-0.2, -0.15) is 13.2 Å². The van der Waals surface area contributed by atoms with Crippen molar-refractivity contribution >= 4 is 23.4 Å². The summed E-state index contributed by atoms with van der Waals surface area (Å²) in [6, 6.07) is 13.2. The van der Waals surface area contributed by atoms with E-state index in [1.165, 1.54) is 28.6 Å². The second kappa shape index (κ2) is 10.4. The van der Waals surface area contributed by atoms with Gasteiger partial charge in [-0.1, -0.05) is 23.0 Å². The molecule has 0 aliphatic carbocycles. The highest BCUT2D eigenvalue weighted by atomic mass is 32.2. The Morgan fingerprint density at radius 2 is 1.75 bits per heavy atom. The molecule has 4 rings (SSSR count). The van der Waals surface area contributed by atoms with Crippen LogP contribution in [0.4, 0.5) is 18.9 Å². The first-order valence-electron chi connectivity index (χ1n) is 10.7. The van der Waals surface area contributed by atoms with Gasteiger partial charge in [0.15, 0.2) is 10.9 Å². The molecule has 4 aromatic rings. The van der Waals surface area contributed by atoms with Gasteiger partial charge in [0.05, 0.1) is 24.1 Å². The summed E-state index contributed by atoms with van der Waals surface area (Å²) < 4.78 is 46.0. The van der Waals surface area contributed by atoms with Crippen LogP contribution in [0.15, 0.2) is 59.8 Å². The first-order valence-corrected chi connectivity index (χ1v) is 11.7. The largest absolute Gasteiger partial charge is 0.497 e. The molecule has 2 aromatic heterocycles. The summed E-state index contributed by atoms with van der Waals surface area (Å²) in [5.74, 6) is 0.180. The van der Waals surface area contributed by atoms with Crippen LogP contribution in [0, 0.1) is 13.8 Å². The lowest BCUT2D eigenvalue weighted by Crippen LogP contribution is -2.16. The van der Waals surface area contributed by atoms with E-state index < -0.39 is 17.6 Å². The van der Waals surface area contributed by atoms with Crippen LogP contribution in [0.1, 0.15) is 33.1 Å². The molecule has 36 heavy (non-hydrogen) atoms. The highest BCUT2D eigenvalue weighted by Crippen LogP contribution is 2.31. The Kier molecular flexibility index (Phi) is 7.25. The predicted octanol–water partition coefficient (Wildman–Crippen LogP) is 5.25. The number of thioether (sulfide) groups is 1. The predicted molar refractivity (Wildman–Crippen MR) is 128 cm³/mol. The number of ether oxygens (including phenoxy) is 1. The number of aromatic nitrogens is 5. The van der Waals surface area contributed by atoms with Crippen molar-refractivity contribution in [3.8, 4) is 11.4 Å². The standard InChI is InChI=1S/C24H21F3N6O2S/c1-14-11-15(2)29-23(28-14)36-13-20-21(31-32-33(20)18-7-9-19(35-3)10-8-18)22(34)30-17-6-4-5-16(12-17)24(25,26)27/h4-12H,13H2,1-3H3,(H,30,34). The molecule has 0 aliphatic rings. The van der Waals surface area contributed by atoms with Gasteiger partial charge in [-0.25, -0.2) is 14.6 Å². The molecule has 0 radical (unpaired) electrons. The Morgan fingerprint density at radius 3 is 2.39 bits per heavy atom. The van der Waals surface area contributed by atoms with Crippen LogP contribution in [0.3, 0.4) is 0 Å². The number of carbonyl (C=O) groups is 1. The fourth-order valence-electron chi connectivity index (χ4n) is 3.39. The van der Waals surface area contributed by atoms with E-state index in [-0.39, 0.29) is 17.1 Å². The number of hydrogen-bond donors (Lipinski definition) is 1. The third-order valence-electron chi connectivity index (χ3n) is 5.04. The maximum Gasteiger partial charge on any atom is 0.416 e. The van der Waals surface area contributed by atoms with E-state index in [1.807, 2.05) is 19.9 Å². The van der Waals surface area contributed by atoms with Crippen molar-refractivity contribution in [3.63, 3.8) is 0 Å². The lowest BCUT2D eigenvalue weighted by molar-refractivity contribution is -0.137. The summed E-state index contributed by atoms with van der Waals surface area (Å²) >= 11 is 1.29. The van der Waals surface area contributed by atoms with E-state index in [1.54, 1.807) is 31.4 Å². The lowest BCUT2D eigenvalue weighted by atomic mass is 10.2. The summed E-state index contributed by atoms with van der Waals surface area (Å²) in [5.41, 5.74) is 1.74. The Hall–Kier alpha value is -3.93. The molecule has 2 aromatic carbocycles. The zero-order chi connectivity index (χ0) is 25.9. The van der Waals surface area contributed by atoms with Gasteiger partial charge in [-0.3, -0.25) is 4.79 Å². The number of benzene rings is 2. The molecule has 0 bridgehead atoms. The Balaban J connectivity index is 1.67. The number of amides is 1. The molecule has 8 nitrogen and oxygen atoms in total. The van der Waals surface area contributed by atoms with Crippen LogP contribution in [0.25, 0.3) is 5.69 Å². The van der Waals surface area contributed by atoms with Gasteiger partial charge < -0.3 is 10.1 Å². The van der Waals surface area contributed by atoms with E-state index in [0.29, 0.717) is 22.3 Å². The molecule has 0 fully saturated rings. The summed E-state index contributed by atoms with van der Waals surface area (Å²) in [6.07, 6.45) is -4.54. The number of aryl methyl sites for hydroxylation is 2. The molecule has 1 amide bonds. The molecule has 186 valence electrons. The van der Waals surface area contributed by atoms with Crippen molar-refractivity contribution in [2.75, 3.05) is 12.4 Å². The van der Waals surface area contributed by atoms with Crippen LogP contribution < -0.4 is 10.1 Å². The molecule has 0 atom stereocenters. The minimum absolute atomic E-state index is 0.00920. The number of hydrogen-bond acceptors (Lipinski definition) is 7. The normalized spacial score (nSPS) is 11.4. The second-order valence-corrected chi connectivity index (χ2v) is 8.69. The number of nitrogens with one attached hydrogen (secondary N) is 1. The first-order chi connectivity index (χ1) is 17.1. The van der Waals surface area contributed by atoms with Crippen LogP contribution >= 0.6 is 11.8 Å². The van der Waals surface area contributed by atoms with Gasteiger partial charge in [0.25, 0.3) is 5.91 Å². The second-order valence-electron chi connectivity index (χ2n) is 7.75. The van der Waals surface area contributed by atoms with Crippen molar-refractivity contribution in [3.05, 3.63) is 82.9 Å². The van der Waals surface area contributed by atoms with Crippen molar-refractivity contribution in [2.24, 2.45) is 0 Å². The zero-order valence-corrected chi connectivity index (χ0v) is 20.3. The fraction of sp³-hybridized carbons (Fsp3) is 0.208. The topological polar surface area (TPSA) is 94.8 Å². The summed E-state index contributed by atoms with van der Waals surface area (Å²) in [7, 11) is 1.55. The van der Waals surface area contributed by atoms with Crippen LogP contribution in [0.5, 0.6) is 5.75 Å². The molecular formula is C24H21F3N6O2S. The van der Waals surface area contributed by atoms with Gasteiger partial charge in [0, 0.05) is 22.8 Å². The van der Waals surface area contributed by atoms with Crippen LogP contribution in [-0.2, 0) is 11.9 Å². The molecule has 0 unspecified atom stereocenters. The van der Waals surface area contributed by atoms with Crippen molar-refractivity contribution in [2.45, 2.75) is 30.9 Å². The molecule has 0 saturated heterocycles. The van der Waals surface area contributed by atoms with Gasteiger partial charge in [0.2, 0.25) is 0 Å². The summed E-state index contributed by atoms with van der Waals surface area (Å²) in [4.78, 5) is 21.9. The van der Waals surface area contributed by atoms with Crippen LogP contribution in [0.2, 0.25) is 0 Å². The van der Waals surface area contributed by atoms with E-state index >= 15 is 0 Å². The van der Waals surface area contributed by atoms with E-state index in [4.69, 9.17) is 4.74 Å². The molecule has 12 heteroatoms. The van der Waals surface area contributed by atoms with Crippen molar-refractivity contribution in [1.82, 2.24) is 25.0 Å². The monoisotopic (exact) mass is 514 g/mol. The number of alkyl halides is 3. The Labute approximate surface area is 208 Å². The third kappa shape index (κ3) is 5.82. The first kappa shape index (κ1) is 25.2. The number of halogens is 3. The van der Waals surface area contributed by atoms with Crippen molar-refractivity contribution in [1.29, 1.82) is 0 Å². The van der Waals surface area contributed by atoms with Gasteiger partial charge in [-0.15, -0.1) is 5.10 Å². The molecule has 0 saturated carbocycles. The fourth-order valence-corrected chi connectivity index (χ4v) is 4.33. The van der Waals surface area contributed by atoms with Crippen LogP contribution in [-0.4, -0.2) is 38.0 Å². The maximum absolute atomic E-state index is 13.1. The molecule has 0 aliphatic heterocycles. The lowest BCUT2D eigenvalue weighted by Gasteiger charge is -2.11. The average molecular weight is 515 g/mol. The minimum atomic E-state index is -4.54. The van der Waals surface area contributed by atoms with Gasteiger partial charge in [-0.05, 0) is 62.4 Å². The zero-order valence-electron chi connectivity index (χ0n) is 19.5. The molecule has 0 spiro atoms. The minimum Gasteiger partial charge on any atom is -0.497 e. The summed E-state index contributed by atoms with van der Waals surface area (Å²) in [6.45, 7) is 3.71. The molecule has 2 heterocycles. The number of methoxy groups -OCH3 is 1. The average Bonchev–Trinajstić information content (AvgIpc) is 3.26. The molecule has 1 N–H and O–H groups in total. The Morgan fingerprint density at radius 1 is 1.06 bits per heavy atom. The van der Waals surface area contributed by atoms with Crippen molar-refractivity contribution < 1.29 is 22.7 Å². The highest BCUT2D eigenvalue weighted by molar-refractivity contribution is 7.98. The van der Waals surface area contributed by atoms with E-state index in [2.05, 4.69) is 25.6 Å². The van der Waals surface area contributed by atoms with E-state index in [0.717, 1.165) is 23.5 Å². The number of nitrogens with zero attached hydrogens (tertiary/aromatic N) is 5. The summed E-state index contributed by atoms with van der Waals surface area (Å²) in [5, 5.41) is 11.2. The van der Waals surface area contributed by atoms with Gasteiger partial charge >= 0.3 is 6.18 Å². The number of anilines is 1. The highest BCUT2D eigenvalue weighted by Gasteiger charge is 2.31. The van der Waals surface area contributed by atoms with Gasteiger partial charge in [0.1, 0.15) is 5.75 Å². The number of rotatable bonds is 7. The SMILES string of the molecule is COc1ccc(-n2nnc(C(=O)Nc3cccc(C(F)(F)F)c3)c2CSc2nc(C)cc(C)n2)cc1. The maximum atomic E-state index is 13.1. The molecular weight excluding hydrogens is 493 g/mol. The smallest absolute Gasteiger partial charge is 0.416 e. The Bertz CT molecular complexity index is 1370. The quantitative estimate of drug-likeness (QED) is 0.266. The van der Waals surface area contributed by atoms with E-state index in [9.17, 15) is 18.0 Å². The third-order valence-corrected chi connectivity index (χ3v) is 5.90. The number of carbonyl (C=O) groups excluding carboxylic acids is 1.